The highest BCUT2D eigenvalue weighted by Crippen LogP contribution is 2.53. The number of phenols is 1. The van der Waals surface area contributed by atoms with E-state index in [9.17, 15) is 24.3 Å². The van der Waals surface area contributed by atoms with Crippen molar-refractivity contribution in [1.29, 1.82) is 0 Å². The van der Waals surface area contributed by atoms with Gasteiger partial charge in [0.2, 0.25) is 11.8 Å². The van der Waals surface area contributed by atoms with E-state index in [1.807, 2.05) is 0 Å². The first kappa shape index (κ1) is 26.2. The third kappa shape index (κ3) is 4.87. The van der Waals surface area contributed by atoms with Gasteiger partial charge in [0.15, 0.2) is 6.61 Å². The highest BCUT2D eigenvalue weighted by atomic mass is 35.5. The molecule has 0 bridgehead atoms. The van der Waals surface area contributed by atoms with Crippen LogP contribution in [0.15, 0.2) is 82.6 Å². The number of aromatic amines is 1. The van der Waals surface area contributed by atoms with Crippen LogP contribution >= 0.6 is 34.7 Å². The van der Waals surface area contributed by atoms with Crippen molar-refractivity contribution < 1.29 is 24.2 Å². The number of benzene rings is 3. The summed E-state index contributed by atoms with van der Waals surface area (Å²) in [6.07, 6.45) is 0. The topological polar surface area (TPSA) is 129 Å². The van der Waals surface area contributed by atoms with Crippen LogP contribution < -0.4 is 19.8 Å². The molecule has 3 N–H and O–H groups in total. The number of aromatic nitrogens is 1. The molecule has 0 radical (unpaired) electrons. The largest absolute Gasteiger partial charge is 0.508 e. The molecule has 3 amide bonds. The number of H-pyrrole nitrogens is 1. The van der Waals surface area contributed by atoms with Gasteiger partial charge in [-0.15, -0.1) is 0 Å². The molecule has 9 nitrogen and oxygen atoms in total. The Bertz CT molecular complexity index is 1670. The number of carbonyl (C=O) groups is 3. The van der Waals surface area contributed by atoms with Crippen LogP contribution in [0.2, 0.25) is 5.02 Å². The van der Waals surface area contributed by atoms with E-state index in [0.29, 0.717) is 32.1 Å². The monoisotopic (exact) mass is 593 g/mol. The zero-order chi connectivity index (χ0) is 28.0. The molecule has 2 aliphatic rings. The Labute approximate surface area is 240 Å². The first-order chi connectivity index (χ1) is 19.3. The van der Waals surface area contributed by atoms with Gasteiger partial charge >= 0.3 is 4.87 Å². The maximum Gasteiger partial charge on any atom is 0.305 e. The van der Waals surface area contributed by atoms with E-state index in [0.717, 1.165) is 16.9 Å². The molecule has 3 heterocycles. The van der Waals surface area contributed by atoms with Crippen LogP contribution in [-0.2, 0) is 14.4 Å². The van der Waals surface area contributed by atoms with E-state index in [-0.39, 0.29) is 35.0 Å². The van der Waals surface area contributed by atoms with Crippen molar-refractivity contribution in [1.82, 2.24) is 4.98 Å². The maximum absolute atomic E-state index is 13.7. The fourth-order valence-electron chi connectivity index (χ4n) is 4.88. The van der Waals surface area contributed by atoms with Crippen LogP contribution in [0.1, 0.15) is 16.4 Å². The highest BCUT2D eigenvalue weighted by Gasteiger charge is 2.56. The fraction of sp³-hybridized carbons (Fsp3) is 0.143. The summed E-state index contributed by atoms with van der Waals surface area (Å²) in [5, 5.41) is 12.4. The molecule has 2 aliphatic heterocycles. The van der Waals surface area contributed by atoms with Gasteiger partial charge in [0.05, 0.1) is 16.6 Å². The van der Waals surface area contributed by atoms with Crippen molar-refractivity contribution >= 4 is 63.8 Å². The summed E-state index contributed by atoms with van der Waals surface area (Å²) in [6, 6.07) is 19.5. The number of anilines is 2. The van der Waals surface area contributed by atoms with Crippen molar-refractivity contribution in [3.05, 3.63) is 97.9 Å². The van der Waals surface area contributed by atoms with Crippen molar-refractivity contribution in [2.75, 3.05) is 16.8 Å². The Balaban J connectivity index is 1.24. The van der Waals surface area contributed by atoms with Gasteiger partial charge in [-0.1, -0.05) is 46.8 Å². The summed E-state index contributed by atoms with van der Waals surface area (Å²) in [6.45, 7) is -0.238. The summed E-state index contributed by atoms with van der Waals surface area (Å²) in [5.74, 6) is -1.76. The van der Waals surface area contributed by atoms with Crippen molar-refractivity contribution in [3.8, 4) is 11.5 Å². The quantitative estimate of drug-likeness (QED) is 0.220. The number of phenolic OH excluding ortho intramolecular Hbond substituents is 1. The molecule has 40 heavy (non-hydrogen) atoms. The number of thiazole rings is 1. The molecule has 6 rings (SSSR count). The zero-order valence-corrected chi connectivity index (χ0v) is 22.9. The lowest BCUT2D eigenvalue weighted by Crippen LogP contribution is -2.32. The number of carbonyl (C=O) groups excluding carboxylic acids is 3. The molecule has 3 unspecified atom stereocenters. The molecule has 4 aromatic rings. The van der Waals surface area contributed by atoms with E-state index in [1.54, 1.807) is 60.7 Å². The first-order valence-corrected chi connectivity index (χ1v) is 14.2. The van der Waals surface area contributed by atoms with Crippen LogP contribution in [0, 0.1) is 5.92 Å². The van der Waals surface area contributed by atoms with Crippen LogP contribution in [-0.4, -0.2) is 39.7 Å². The number of hydrogen-bond acceptors (Lipinski definition) is 8. The van der Waals surface area contributed by atoms with Crippen molar-refractivity contribution in [2.24, 2.45) is 5.92 Å². The predicted octanol–water partition coefficient (Wildman–Crippen LogP) is 4.61. The van der Waals surface area contributed by atoms with Crippen molar-refractivity contribution in [3.63, 3.8) is 0 Å². The minimum Gasteiger partial charge on any atom is -0.508 e. The smallest absolute Gasteiger partial charge is 0.305 e. The van der Waals surface area contributed by atoms with E-state index in [1.165, 1.54) is 28.8 Å². The van der Waals surface area contributed by atoms with Crippen LogP contribution in [0.25, 0.3) is 0 Å². The van der Waals surface area contributed by atoms with Crippen LogP contribution in [0.4, 0.5) is 11.4 Å². The van der Waals surface area contributed by atoms with Gasteiger partial charge in [-0.25, -0.2) is 4.90 Å². The highest BCUT2D eigenvalue weighted by molar-refractivity contribution is 8.00. The number of thioether (sulfide) groups is 1. The number of rotatable bonds is 6. The summed E-state index contributed by atoms with van der Waals surface area (Å²) >= 11 is 8.25. The molecule has 1 fully saturated rings. The second-order valence-electron chi connectivity index (χ2n) is 9.19. The summed E-state index contributed by atoms with van der Waals surface area (Å²) < 4.78 is 5.63. The number of nitrogens with one attached hydrogen (secondary N) is 2. The minimum atomic E-state index is -0.713. The first-order valence-electron chi connectivity index (χ1n) is 12.1. The second-order valence-corrected chi connectivity index (χ2v) is 11.8. The van der Waals surface area contributed by atoms with E-state index < -0.39 is 17.1 Å². The normalized spacial score (nSPS) is 19.7. The molecule has 1 aromatic heterocycles. The molecular formula is C28H20ClN3O6S2. The lowest BCUT2D eigenvalue weighted by atomic mass is 9.83. The number of imide groups is 1. The Kier molecular flexibility index (Phi) is 6.87. The number of hydrogen-bond donors (Lipinski definition) is 3. The average molecular weight is 594 g/mol. The fourth-order valence-corrected chi connectivity index (χ4v) is 7.52. The number of ether oxygens (including phenoxy) is 1. The standard InChI is InChI=1S/C28H20ClN3O6S2/c29-15-3-7-17(8-4-15)32-26(35)22-21(23-25(31-28(37)40-23)39-24(22)27(32)36)14-1-11-19(12-2-14)38-13-20(34)30-16-5-9-18(33)10-6-16/h1-12,21-22,24,33H,13H2,(H,30,34)(H,31,37). The van der Waals surface area contributed by atoms with E-state index in [2.05, 4.69) is 10.3 Å². The van der Waals surface area contributed by atoms with Crippen LogP contribution in [0.5, 0.6) is 11.5 Å². The lowest BCUT2D eigenvalue weighted by Gasteiger charge is -2.29. The maximum atomic E-state index is 13.7. The summed E-state index contributed by atoms with van der Waals surface area (Å²) in [7, 11) is 0. The third-order valence-electron chi connectivity index (χ3n) is 6.67. The summed E-state index contributed by atoms with van der Waals surface area (Å²) in [4.78, 5) is 56.2. The Morgan fingerprint density at radius 2 is 1.68 bits per heavy atom. The van der Waals surface area contributed by atoms with Gasteiger partial charge in [0.1, 0.15) is 16.7 Å². The molecule has 202 valence electrons. The van der Waals surface area contributed by atoms with E-state index >= 15 is 0 Å². The molecule has 3 atom stereocenters. The average Bonchev–Trinajstić information content (AvgIpc) is 3.44. The molecule has 3 aromatic carbocycles. The van der Waals surface area contributed by atoms with Gasteiger partial charge in [0, 0.05) is 21.5 Å². The number of fused-ring (bicyclic) bond motifs is 2. The second kappa shape index (κ2) is 10.5. The van der Waals surface area contributed by atoms with Gasteiger partial charge < -0.3 is 20.1 Å². The number of nitrogens with zero attached hydrogens (tertiary/aromatic N) is 1. The van der Waals surface area contributed by atoms with Gasteiger partial charge in [-0.2, -0.15) is 0 Å². The number of halogens is 1. The SMILES string of the molecule is O=C(COc1ccc(C2c3sc(=O)[nH]c3SC3C(=O)N(c4ccc(Cl)cc4)C(=O)C32)cc1)Nc1ccc(O)cc1. The van der Waals surface area contributed by atoms with Crippen molar-refractivity contribution in [2.45, 2.75) is 16.2 Å². The number of aromatic hydroxyl groups is 1. The minimum absolute atomic E-state index is 0.0950. The Morgan fingerprint density at radius 3 is 2.38 bits per heavy atom. The zero-order valence-electron chi connectivity index (χ0n) is 20.5. The Hall–Kier alpha value is -4.06. The molecule has 0 aliphatic carbocycles. The lowest BCUT2D eigenvalue weighted by molar-refractivity contribution is -0.122. The van der Waals surface area contributed by atoms with E-state index in [4.69, 9.17) is 16.3 Å². The van der Waals surface area contributed by atoms with Gasteiger partial charge in [-0.3, -0.25) is 19.2 Å². The number of amides is 3. The Morgan fingerprint density at radius 1 is 0.975 bits per heavy atom. The third-order valence-corrected chi connectivity index (χ3v) is 9.32. The van der Waals surface area contributed by atoms with Crippen LogP contribution in [0.3, 0.4) is 0 Å². The molecule has 0 saturated carbocycles. The predicted molar refractivity (Wildman–Crippen MR) is 153 cm³/mol. The molecular weight excluding hydrogens is 574 g/mol. The van der Waals surface area contributed by atoms with Gasteiger partial charge in [-0.05, 0) is 66.2 Å². The molecule has 0 spiro atoms. The molecule has 12 heteroatoms. The molecule has 1 saturated heterocycles. The summed E-state index contributed by atoms with van der Waals surface area (Å²) in [5.41, 5.74) is 1.71. The van der Waals surface area contributed by atoms with Gasteiger partial charge in [0.25, 0.3) is 5.91 Å².